The summed E-state index contributed by atoms with van der Waals surface area (Å²) in [4.78, 5) is 21.7. The van der Waals surface area contributed by atoms with Crippen LogP contribution in [-0.2, 0) is 14.3 Å². The van der Waals surface area contributed by atoms with Crippen LogP contribution in [0.5, 0.6) is 0 Å². The lowest BCUT2D eigenvalue weighted by molar-refractivity contribution is -0.143. The fourth-order valence-corrected chi connectivity index (χ4v) is 1.15. The van der Waals surface area contributed by atoms with Gasteiger partial charge in [0.1, 0.15) is 12.1 Å². The molecule has 1 heterocycles. The molecule has 74 valence electrons. The summed E-state index contributed by atoms with van der Waals surface area (Å²) in [6, 6.07) is -0.850. The molecule has 1 fully saturated rings. The molecule has 5 nitrogen and oxygen atoms in total. The number of carboxylic acid groups (broad SMARTS) is 1. The molecule has 2 atom stereocenters. The molecule has 13 heavy (non-hydrogen) atoms. The first-order chi connectivity index (χ1) is 6.11. The number of carbonyl (C=O) groups is 2. The molecule has 0 aromatic heterocycles. The van der Waals surface area contributed by atoms with Crippen molar-refractivity contribution in [3.8, 4) is 0 Å². The summed E-state index contributed by atoms with van der Waals surface area (Å²) >= 11 is 0. The molecule has 1 rings (SSSR count). The first kappa shape index (κ1) is 9.98. The largest absolute Gasteiger partial charge is 0.480 e. The van der Waals surface area contributed by atoms with Crippen LogP contribution in [0.4, 0.5) is 0 Å². The zero-order chi connectivity index (χ0) is 9.84. The fourth-order valence-electron chi connectivity index (χ4n) is 1.15. The first-order valence-electron chi connectivity index (χ1n) is 4.26. The van der Waals surface area contributed by atoms with E-state index in [-0.39, 0.29) is 5.91 Å². The van der Waals surface area contributed by atoms with Crippen molar-refractivity contribution in [2.24, 2.45) is 0 Å². The minimum absolute atomic E-state index is 0.326. The second-order valence-electron chi connectivity index (χ2n) is 3.07. The van der Waals surface area contributed by atoms with Gasteiger partial charge in [0.05, 0.1) is 0 Å². The third kappa shape index (κ3) is 2.69. The monoisotopic (exact) mass is 187 g/mol. The highest BCUT2D eigenvalue weighted by atomic mass is 16.5. The molecule has 0 aromatic carbocycles. The molecular weight excluding hydrogens is 174 g/mol. The maximum Gasteiger partial charge on any atom is 0.325 e. The average Bonchev–Trinajstić information content (AvgIpc) is 2.55. The van der Waals surface area contributed by atoms with Crippen molar-refractivity contribution in [2.75, 3.05) is 6.61 Å². The lowest BCUT2D eigenvalue weighted by atomic mass is 10.2. The topological polar surface area (TPSA) is 75.6 Å². The Morgan fingerprint density at radius 3 is 2.77 bits per heavy atom. The molecule has 0 radical (unpaired) electrons. The number of amides is 1. The second kappa shape index (κ2) is 4.23. The molecule has 5 heteroatoms. The van der Waals surface area contributed by atoms with E-state index in [2.05, 4.69) is 5.32 Å². The zero-order valence-electron chi connectivity index (χ0n) is 7.45. The van der Waals surface area contributed by atoms with Crippen LogP contribution in [0, 0.1) is 0 Å². The molecule has 2 N–H and O–H groups in total. The fraction of sp³-hybridized carbons (Fsp3) is 0.750. The molecule has 0 spiro atoms. The number of hydrogen-bond donors (Lipinski definition) is 2. The lowest BCUT2D eigenvalue weighted by Crippen LogP contribution is -2.43. The van der Waals surface area contributed by atoms with Crippen LogP contribution in [0.3, 0.4) is 0 Å². The summed E-state index contributed by atoms with van der Waals surface area (Å²) in [6.45, 7) is 2.01. The molecule has 0 aromatic rings. The van der Waals surface area contributed by atoms with Crippen LogP contribution in [0.1, 0.15) is 19.8 Å². The molecule has 0 aliphatic carbocycles. The van der Waals surface area contributed by atoms with Gasteiger partial charge in [0.25, 0.3) is 0 Å². The van der Waals surface area contributed by atoms with Gasteiger partial charge in [0.15, 0.2) is 0 Å². The van der Waals surface area contributed by atoms with Crippen molar-refractivity contribution >= 4 is 11.9 Å². The minimum atomic E-state index is -1.04. The van der Waals surface area contributed by atoms with Gasteiger partial charge >= 0.3 is 5.97 Å². The van der Waals surface area contributed by atoms with E-state index in [1.54, 1.807) is 0 Å². The Bertz CT molecular complexity index is 210. The highest BCUT2D eigenvalue weighted by Crippen LogP contribution is 2.11. The Morgan fingerprint density at radius 2 is 2.31 bits per heavy atom. The number of carbonyl (C=O) groups excluding carboxylic acids is 1. The van der Waals surface area contributed by atoms with Gasteiger partial charge < -0.3 is 15.2 Å². The Hall–Kier alpha value is -1.10. The van der Waals surface area contributed by atoms with Gasteiger partial charge in [-0.2, -0.15) is 0 Å². The number of aliphatic carboxylic acids is 1. The molecule has 1 unspecified atom stereocenters. The smallest absolute Gasteiger partial charge is 0.325 e. The van der Waals surface area contributed by atoms with E-state index in [9.17, 15) is 9.59 Å². The summed E-state index contributed by atoms with van der Waals surface area (Å²) in [5, 5.41) is 10.9. The van der Waals surface area contributed by atoms with Crippen molar-refractivity contribution < 1.29 is 19.4 Å². The number of hydrogen-bond acceptors (Lipinski definition) is 3. The maximum atomic E-state index is 11.3. The highest BCUT2D eigenvalue weighted by Gasteiger charge is 2.25. The Morgan fingerprint density at radius 1 is 1.62 bits per heavy atom. The van der Waals surface area contributed by atoms with E-state index >= 15 is 0 Å². The normalized spacial score (nSPS) is 23.9. The molecule has 1 amide bonds. The summed E-state index contributed by atoms with van der Waals surface area (Å²) in [6.07, 6.45) is 1.08. The van der Waals surface area contributed by atoms with E-state index in [0.29, 0.717) is 13.0 Å². The van der Waals surface area contributed by atoms with E-state index in [1.165, 1.54) is 6.92 Å². The van der Waals surface area contributed by atoms with Crippen molar-refractivity contribution in [1.82, 2.24) is 5.32 Å². The lowest BCUT2D eigenvalue weighted by Gasteiger charge is -2.12. The average molecular weight is 187 g/mol. The molecular formula is C8H13NO4. The van der Waals surface area contributed by atoms with Gasteiger partial charge in [-0.3, -0.25) is 9.59 Å². The summed E-state index contributed by atoms with van der Waals surface area (Å²) in [7, 11) is 0. The van der Waals surface area contributed by atoms with E-state index < -0.39 is 18.1 Å². The Balaban J connectivity index is 2.35. The van der Waals surface area contributed by atoms with Gasteiger partial charge in [-0.1, -0.05) is 0 Å². The van der Waals surface area contributed by atoms with Crippen LogP contribution in [0.2, 0.25) is 0 Å². The Labute approximate surface area is 76.1 Å². The van der Waals surface area contributed by atoms with Crippen molar-refractivity contribution in [3.05, 3.63) is 0 Å². The van der Waals surface area contributed by atoms with Crippen LogP contribution in [-0.4, -0.2) is 35.7 Å². The van der Waals surface area contributed by atoms with Gasteiger partial charge in [0.2, 0.25) is 5.91 Å². The molecule has 1 saturated heterocycles. The Kier molecular flexibility index (Phi) is 3.25. The van der Waals surface area contributed by atoms with Crippen LogP contribution >= 0.6 is 0 Å². The number of carboxylic acids is 1. The summed E-state index contributed by atoms with van der Waals surface area (Å²) in [5.74, 6) is -1.36. The van der Waals surface area contributed by atoms with Gasteiger partial charge in [-0.25, -0.2) is 0 Å². The summed E-state index contributed by atoms with van der Waals surface area (Å²) in [5.41, 5.74) is 0. The van der Waals surface area contributed by atoms with E-state index in [1.807, 2.05) is 0 Å². The molecule has 1 aliphatic heterocycles. The van der Waals surface area contributed by atoms with Crippen molar-refractivity contribution in [3.63, 3.8) is 0 Å². The van der Waals surface area contributed by atoms with Gasteiger partial charge in [0, 0.05) is 6.61 Å². The van der Waals surface area contributed by atoms with Crippen LogP contribution < -0.4 is 5.32 Å². The molecule has 0 saturated carbocycles. The van der Waals surface area contributed by atoms with E-state index in [0.717, 1.165) is 6.42 Å². The van der Waals surface area contributed by atoms with Crippen molar-refractivity contribution in [1.29, 1.82) is 0 Å². The SMILES string of the molecule is C[C@H](NC(=O)C1CCCO1)C(=O)O. The number of nitrogens with one attached hydrogen (secondary N) is 1. The third-order valence-electron chi connectivity index (χ3n) is 1.95. The standard InChI is InChI=1S/C8H13NO4/c1-5(8(11)12)9-7(10)6-3-2-4-13-6/h5-6H,2-4H2,1H3,(H,9,10)(H,11,12)/t5-,6?/m0/s1. The summed E-state index contributed by atoms with van der Waals surface area (Å²) < 4.78 is 5.09. The van der Waals surface area contributed by atoms with Gasteiger partial charge in [-0.05, 0) is 19.8 Å². The highest BCUT2D eigenvalue weighted by molar-refractivity contribution is 5.86. The van der Waals surface area contributed by atoms with E-state index in [4.69, 9.17) is 9.84 Å². The molecule has 0 bridgehead atoms. The third-order valence-corrected chi connectivity index (χ3v) is 1.95. The van der Waals surface area contributed by atoms with Crippen LogP contribution in [0.15, 0.2) is 0 Å². The maximum absolute atomic E-state index is 11.3. The number of rotatable bonds is 3. The molecule has 1 aliphatic rings. The predicted molar refractivity (Wildman–Crippen MR) is 44.2 cm³/mol. The number of ether oxygens (including phenoxy) is 1. The van der Waals surface area contributed by atoms with Gasteiger partial charge in [-0.15, -0.1) is 0 Å². The second-order valence-corrected chi connectivity index (χ2v) is 3.07. The zero-order valence-corrected chi connectivity index (χ0v) is 7.45. The minimum Gasteiger partial charge on any atom is -0.480 e. The van der Waals surface area contributed by atoms with Crippen molar-refractivity contribution in [2.45, 2.75) is 31.9 Å². The quantitative estimate of drug-likeness (QED) is 0.639. The predicted octanol–water partition coefficient (Wildman–Crippen LogP) is -0.245. The first-order valence-corrected chi connectivity index (χ1v) is 4.26. The van der Waals surface area contributed by atoms with Crippen LogP contribution in [0.25, 0.3) is 0 Å².